The van der Waals surface area contributed by atoms with Crippen molar-refractivity contribution >= 4 is 11.7 Å². The second kappa shape index (κ2) is 11.0. The van der Waals surface area contributed by atoms with Crippen molar-refractivity contribution in [1.82, 2.24) is 14.9 Å². The number of para-hydroxylation sites is 2. The molecule has 7 nitrogen and oxygen atoms in total. The second-order valence-electron chi connectivity index (χ2n) is 8.04. The van der Waals surface area contributed by atoms with Crippen molar-refractivity contribution < 1.29 is 14.3 Å². The number of unbranched alkanes of at least 4 members (excludes halogenated alkanes) is 1. The lowest BCUT2D eigenvalue weighted by molar-refractivity contribution is -0.138. The van der Waals surface area contributed by atoms with Crippen LogP contribution in [-0.4, -0.2) is 53.6 Å². The third-order valence-electron chi connectivity index (χ3n) is 5.89. The van der Waals surface area contributed by atoms with Gasteiger partial charge >= 0.3 is 0 Å². The van der Waals surface area contributed by atoms with Gasteiger partial charge in [-0.15, -0.1) is 0 Å². The highest BCUT2D eigenvalue weighted by molar-refractivity contribution is 5.79. The summed E-state index contributed by atoms with van der Waals surface area (Å²) in [5, 5.41) is 0. The van der Waals surface area contributed by atoms with E-state index in [0.717, 1.165) is 44.6 Å². The Kier molecular flexibility index (Phi) is 8.09. The zero-order valence-electron chi connectivity index (χ0n) is 19.1. The maximum absolute atomic E-state index is 13.1. The average molecular weight is 427 g/mol. The fourth-order valence-electron chi connectivity index (χ4n) is 4.05. The summed E-state index contributed by atoms with van der Waals surface area (Å²) in [5.74, 6) is 2.95. The number of carbonyl (C=O) groups excluding carboxylic acids is 1. The fraction of sp³-hybridized carbons (Fsp3) is 0.542. The summed E-state index contributed by atoms with van der Waals surface area (Å²) >= 11 is 0. The predicted octanol–water partition coefficient (Wildman–Crippen LogP) is 4.53. The molecule has 1 aromatic carbocycles. The first-order chi connectivity index (χ1) is 15.1. The summed E-state index contributed by atoms with van der Waals surface area (Å²) in [6.45, 7) is 8.58. The Balaban J connectivity index is 1.66. The molecule has 0 bridgehead atoms. The normalized spacial score (nSPS) is 17.4. The van der Waals surface area contributed by atoms with Crippen LogP contribution in [0.4, 0.5) is 5.82 Å². The molecule has 0 aliphatic carbocycles. The third kappa shape index (κ3) is 5.66. The van der Waals surface area contributed by atoms with E-state index in [1.165, 1.54) is 6.33 Å². The summed E-state index contributed by atoms with van der Waals surface area (Å²) < 4.78 is 11.3. The maximum atomic E-state index is 13.1. The number of hydrogen-bond donors (Lipinski definition) is 0. The first-order valence-corrected chi connectivity index (χ1v) is 11.3. The number of benzene rings is 1. The van der Waals surface area contributed by atoms with Crippen molar-refractivity contribution in [1.29, 1.82) is 0 Å². The molecule has 7 heteroatoms. The van der Waals surface area contributed by atoms with E-state index in [1.54, 1.807) is 7.11 Å². The van der Waals surface area contributed by atoms with Gasteiger partial charge < -0.3 is 19.3 Å². The summed E-state index contributed by atoms with van der Waals surface area (Å²) in [5.41, 5.74) is 0. The Bertz CT molecular complexity index is 860. The molecule has 1 aliphatic rings. The van der Waals surface area contributed by atoms with Gasteiger partial charge in [0.05, 0.1) is 7.11 Å². The maximum Gasteiger partial charge on any atom is 0.226 e. The molecule has 31 heavy (non-hydrogen) atoms. The number of nitrogens with zero attached hydrogens (tertiary/aromatic N) is 4. The molecule has 168 valence electrons. The van der Waals surface area contributed by atoms with Crippen LogP contribution < -0.4 is 14.4 Å². The van der Waals surface area contributed by atoms with Gasteiger partial charge in [0.15, 0.2) is 11.5 Å². The topological polar surface area (TPSA) is 67.8 Å². The smallest absolute Gasteiger partial charge is 0.226 e. The number of ether oxygens (including phenoxy) is 2. The Morgan fingerprint density at radius 1 is 1.19 bits per heavy atom. The minimum atomic E-state index is 0.130. The molecule has 2 heterocycles. The number of carbonyl (C=O) groups is 1. The third-order valence-corrected chi connectivity index (χ3v) is 5.89. The van der Waals surface area contributed by atoms with Crippen LogP contribution in [0, 0.1) is 5.92 Å². The summed E-state index contributed by atoms with van der Waals surface area (Å²) in [6, 6.07) is 9.44. The molecule has 0 saturated carbocycles. The van der Waals surface area contributed by atoms with Gasteiger partial charge in [0, 0.05) is 37.7 Å². The monoisotopic (exact) mass is 426 g/mol. The molecule has 0 radical (unpaired) electrons. The molecule has 1 fully saturated rings. The molecule has 0 spiro atoms. The van der Waals surface area contributed by atoms with Crippen LogP contribution in [0.25, 0.3) is 0 Å². The van der Waals surface area contributed by atoms with Crippen LogP contribution in [0.5, 0.6) is 17.4 Å². The molecular formula is C24H34N4O3. The number of anilines is 1. The first-order valence-electron chi connectivity index (χ1n) is 11.3. The van der Waals surface area contributed by atoms with Gasteiger partial charge in [-0.3, -0.25) is 4.79 Å². The van der Waals surface area contributed by atoms with E-state index in [2.05, 4.69) is 35.6 Å². The molecule has 0 unspecified atom stereocenters. The van der Waals surface area contributed by atoms with E-state index in [-0.39, 0.29) is 12.0 Å². The number of rotatable bonds is 9. The van der Waals surface area contributed by atoms with Gasteiger partial charge in [-0.05, 0) is 31.9 Å². The molecule has 1 saturated heterocycles. The van der Waals surface area contributed by atoms with Gasteiger partial charge in [-0.25, -0.2) is 9.97 Å². The number of amides is 1. The minimum absolute atomic E-state index is 0.130. The Morgan fingerprint density at radius 3 is 2.65 bits per heavy atom. The predicted molar refractivity (Wildman–Crippen MR) is 122 cm³/mol. The quantitative estimate of drug-likeness (QED) is 0.587. The Morgan fingerprint density at radius 2 is 1.97 bits per heavy atom. The van der Waals surface area contributed by atoms with Gasteiger partial charge in [0.1, 0.15) is 12.1 Å². The lowest BCUT2D eigenvalue weighted by atomic mass is 9.96. The van der Waals surface area contributed by atoms with Gasteiger partial charge in [0.2, 0.25) is 11.8 Å². The van der Waals surface area contributed by atoms with E-state index < -0.39 is 0 Å². The van der Waals surface area contributed by atoms with Crippen molar-refractivity contribution in [2.75, 3.05) is 31.6 Å². The molecule has 1 aromatic heterocycles. The van der Waals surface area contributed by atoms with Crippen molar-refractivity contribution in [3.05, 3.63) is 36.7 Å². The highest BCUT2D eigenvalue weighted by Gasteiger charge is 2.31. The van der Waals surface area contributed by atoms with Gasteiger partial charge in [-0.1, -0.05) is 38.8 Å². The molecular weight excluding hydrogens is 392 g/mol. The van der Waals surface area contributed by atoms with E-state index >= 15 is 0 Å². The largest absolute Gasteiger partial charge is 0.493 e. The lowest BCUT2D eigenvalue weighted by Gasteiger charge is -2.41. The highest BCUT2D eigenvalue weighted by Crippen LogP contribution is 2.31. The van der Waals surface area contributed by atoms with Crippen LogP contribution in [0.2, 0.25) is 0 Å². The Hall–Kier alpha value is -2.83. The van der Waals surface area contributed by atoms with Crippen molar-refractivity contribution in [3.63, 3.8) is 0 Å². The molecule has 2 atom stereocenters. The number of aromatic nitrogens is 2. The molecule has 2 aromatic rings. The molecule has 3 rings (SSSR count). The van der Waals surface area contributed by atoms with E-state index in [0.29, 0.717) is 29.8 Å². The zero-order chi connectivity index (χ0) is 22.2. The van der Waals surface area contributed by atoms with E-state index in [1.807, 2.05) is 35.2 Å². The van der Waals surface area contributed by atoms with Crippen molar-refractivity contribution in [2.24, 2.45) is 5.92 Å². The summed E-state index contributed by atoms with van der Waals surface area (Å²) in [4.78, 5) is 26.0. The summed E-state index contributed by atoms with van der Waals surface area (Å²) in [7, 11) is 1.61. The van der Waals surface area contributed by atoms with Crippen LogP contribution in [0.15, 0.2) is 36.7 Å². The van der Waals surface area contributed by atoms with Crippen LogP contribution in [-0.2, 0) is 4.79 Å². The van der Waals surface area contributed by atoms with Gasteiger partial charge in [0.25, 0.3) is 0 Å². The van der Waals surface area contributed by atoms with Gasteiger partial charge in [-0.2, -0.15) is 0 Å². The fourth-order valence-corrected chi connectivity index (χ4v) is 4.05. The standard InChI is InChI=1S/C24H34N4O3/c1-5-7-10-19(6-2)24(29)28-14-13-27(16-18(28)3)22-15-23(26-17-25-22)31-21-12-9-8-11-20(21)30-4/h8-9,11-12,15,17-19H,5-7,10,13-14,16H2,1-4H3/t18-,19+/m1/s1. The SMILES string of the molecule is CCCC[C@H](CC)C(=O)N1CCN(c2cc(Oc3ccccc3OC)ncn2)C[C@H]1C. The first kappa shape index (κ1) is 22.8. The van der Waals surface area contributed by atoms with Crippen LogP contribution in [0.3, 0.4) is 0 Å². The molecule has 1 amide bonds. The number of hydrogen-bond acceptors (Lipinski definition) is 6. The average Bonchev–Trinajstić information content (AvgIpc) is 2.80. The highest BCUT2D eigenvalue weighted by atomic mass is 16.5. The van der Waals surface area contributed by atoms with Crippen LogP contribution >= 0.6 is 0 Å². The van der Waals surface area contributed by atoms with Crippen molar-refractivity contribution in [3.8, 4) is 17.4 Å². The number of methoxy groups -OCH3 is 1. The summed E-state index contributed by atoms with van der Waals surface area (Å²) in [6.07, 6.45) is 5.63. The van der Waals surface area contributed by atoms with Crippen molar-refractivity contribution in [2.45, 2.75) is 52.5 Å². The van der Waals surface area contributed by atoms with Crippen LogP contribution in [0.1, 0.15) is 46.5 Å². The minimum Gasteiger partial charge on any atom is -0.493 e. The second-order valence-corrected chi connectivity index (χ2v) is 8.04. The molecule has 1 aliphatic heterocycles. The molecule has 0 N–H and O–H groups in total. The van der Waals surface area contributed by atoms with E-state index in [9.17, 15) is 4.79 Å². The Labute approximate surface area is 185 Å². The van der Waals surface area contributed by atoms with E-state index in [4.69, 9.17) is 9.47 Å². The lowest BCUT2D eigenvalue weighted by Crippen LogP contribution is -2.55. The zero-order valence-corrected chi connectivity index (χ0v) is 19.1. The number of piperazine rings is 1.